The van der Waals surface area contributed by atoms with Crippen LogP contribution in [-0.2, 0) is 16.1 Å². The first-order valence-electron chi connectivity index (χ1n) is 8.35. The molecule has 2 aromatic rings. The summed E-state index contributed by atoms with van der Waals surface area (Å²) in [4.78, 5) is 12.2. The minimum atomic E-state index is -0.767. The van der Waals surface area contributed by atoms with Gasteiger partial charge in [-0.15, -0.1) is 0 Å². The van der Waals surface area contributed by atoms with Gasteiger partial charge in [0.05, 0.1) is 12.7 Å². The van der Waals surface area contributed by atoms with E-state index in [9.17, 15) is 14.3 Å². The van der Waals surface area contributed by atoms with Gasteiger partial charge in [0, 0.05) is 6.04 Å². The molecule has 4 nitrogen and oxygen atoms in total. The van der Waals surface area contributed by atoms with Crippen molar-refractivity contribution in [3.63, 3.8) is 0 Å². The first-order valence-corrected chi connectivity index (χ1v) is 8.35. The van der Waals surface area contributed by atoms with Crippen LogP contribution in [0.4, 0.5) is 4.39 Å². The molecule has 134 valence electrons. The summed E-state index contributed by atoms with van der Waals surface area (Å²) in [5.74, 6) is -0.573. The molecule has 0 saturated carbocycles. The number of carbonyl (C=O) groups is 1. The highest BCUT2D eigenvalue weighted by molar-refractivity contribution is 5.80. The first-order chi connectivity index (χ1) is 12.0. The van der Waals surface area contributed by atoms with Crippen molar-refractivity contribution in [2.24, 2.45) is 0 Å². The fourth-order valence-corrected chi connectivity index (χ4v) is 2.45. The van der Waals surface area contributed by atoms with Crippen molar-refractivity contribution in [2.45, 2.75) is 45.1 Å². The second-order valence-corrected chi connectivity index (χ2v) is 6.15. The second kappa shape index (κ2) is 9.30. The molecule has 3 atom stereocenters. The van der Waals surface area contributed by atoms with Crippen LogP contribution < -0.4 is 5.32 Å². The maximum Gasteiger partial charge on any atom is 0.249 e. The normalized spacial score (nSPS) is 14.6. The number of aliphatic hydroxyl groups excluding tert-OH is 1. The summed E-state index contributed by atoms with van der Waals surface area (Å²) >= 11 is 0. The number of carbonyl (C=O) groups excluding carboxylic acids is 1. The van der Waals surface area contributed by atoms with Gasteiger partial charge in [-0.05, 0) is 43.5 Å². The maximum atomic E-state index is 12.9. The molecule has 0 fully saturated rings. The topological polar surface area (TPSA) is 58.6 Å². The average molecular weight is 345 g/mol. The SMILES string of the molecule is CC(CC(O)c1ccc(F)cc1)NC(=O)C(C)OCc1ccccc1. The van der Waals surface area contributed by atoms with E-state index in [4.69, 9.17) is 4.74 Å². The number of nitrogens with one attached hydrogen (secondary N) is 1. The van der Waals surface area contributed by atoms with Crippen molar-refractivity contribution in [1.29, 1.82) is 0 Å². The molecule has 5 heteroatoms. The largest absolute Gasteiger partial charge is 0.388 e. The van der Waals surface area contributed by atoms with E-state index < -0.39 is 12.2 Å². The Morgan fingerprint density at radius 3 is 2.40 bits per heavy atom. The Morgan fingerprint density at radius 2 is 1.76 bits per heavy atom. The average Bonchev–Trinajstić information content (AvgIpc) is 2.60. The van der Waals surface area contributed by atoms with Gasteiger partial charge in [-0.3, -0.25) is 4.79 Å². The van der Waals surface area contributed by atoms with Crippen LogP contribution in [0.25, 0.3) is 0 Å². The lowest BCUT2D eigenvalue weighted by Gasteiger charge is -2.20. The van der Waals surface area contributed by atoms with E-state index in [0.717, 1.165) is 5.56 Å². The number of hydrogen-bond acceptors (Lipinski definition) is 3. The summed E-state index contributed by atoms with van der Waals surface area (Å²) < 4.78 is 18.5. The third-order valence-corrected chi connectivity index (χ3v) is 3.93. The summed E-state index contributed by atoms with van der Waals surface area (Å²) in [5, 5.41) is 13.0. The van der Waals surface area contributed by atoms with E-state index >= 15 is 0 Å². The molecular formula is C20H24FNO3. The van der Waals surface area contributed by atoms with Crippen molar-refractivity contribution in [3.05, 3.63) is 71.5 Å². The van der Waals surface area contributed by atoms with Gasteiger partial charge in [0.25, 0.3) is 0 Å². The molecule has 0 aliphatic heterocycles. The number of ether oxygens (including phenoxy) is 1. The predicted molar refractivity (Wildman–Crippen MR) is 94.3 cm³/mol. The summed E-state index contributed by atoms with van der Waals surface area (Å²) in [5.41, 5.74) is 1.62. The lowest BCUT2D eigenvalue weighted by molar-refractivity contribution is -0.133. The minimum absolute atomic E-state index is 0.227. The zero-order valence-electron chi connectivity index (χ0n) is 14.5. The second-order valence-electron chi connectivity index (χ2n) is 6.15. The van der Waals surface area contributed by atoms with E-state index in [0.29, 0.717) is 18.6 Å². The fraction of sp³-hybridized carbons (Fsp3) is 0.350. The molecule has 0 saturated heterocycles. The molecule has 0 aliphatic rings. The molecule has 2 N–H and O–H groups in total. The molecule has 0 aromatic heterocycles. The third kappa shape index (κ3) is 6.29. The zero-order valence-corrected chi connectivity index (χ0v) is 14.5. The molecule has 0 spiro atoms. The minimum Gasteiger partial charge on any atom is -0.388 e. The Kier molecular flexibility index (Phi) is 7.10. The van der Waals surface area contributed by atoms with Gasteiger partial charge in [0.1, 0.15) is 11.9 Å². The van der Waals surface area contributed by atoms with Crippen LogP contribution in [-0.4, -0.2) is 23.2 Å². The van der Waals surface area contributed by atoms with Crippen molar-refractivity contribution >= 4 is 5.91 Å². The predicted octanol–water partition coefficient (Wildman–Crippen LogP) is 3.36. The molecule has 0 aliphatic carbocycles. The van der Waals surface area contributed by atoms with Gasteiger partial charge in [-0.25, -0.2) is 4.39 Å². The van der Waals surface area contributed by atoms with Gasteiger partial charge in [-0.2, -0.15) is 0 Å². The highest BCUT2D eigenvalue weighted by Crippen LogP contribution is 2.18. The number of rotatable bonds is 8. The maximum absolute atomic E-state index is 12.9. The Bertz CT molecular complexity index is 660. The Balaban J connectivity index is 1.77. The monoisotopic (exact) mass is 345 g/mol. The van der Waals surface area contributed by atoms with Crippen LogP contribution >= 0.6 is 0 Å². The smallest absolute Gasteiger partial charge is 0.249 e. The number of aliphatic hydroxyl groups is 1. The Hall–Kier alpha value is -2.24. The molecule has 25 heavy (non-hydrogen) atoms. The summed E-state index contributed by atoms with van der Waals surface area (Å²) in [6.45, 7) is 3.87. The molecule has 2 rings (SSSR count). The van der Waals surface area contributed by atoms with Crippen molar-refractivity contribution in [1.82, 2.24) is 5.32 Å². The van der Waals surface area contributed by atoms with Crippen LogP contribution in [0.15, 0.2) is 54.6 Å². The summed E-state index contributed by atoms with van der Waals surface area (Å²) in [6, 6.07) is 15.1. The number of hydrogen-bond donors (Lipinski definition) is 2. The van der Waals surface area contributed by atoms with Crippen LogP contribution in [0, 0.1) is 5.82 Å². The van der Waals surface area contributed by atoms with Crippen molar-refractivity contribution in [2.75, 3.05) is 0 Å². The van der Waals surface area contributed by atoms with Crippen LogP contribution in [0.2, 0.25) is 0 Å². The van der Waals surface area contributed by atoms with Crippen LogP contribution in [0.5, 0.6) is 0 Å². The number of benzene rings is 2. The quantitative estimate of drug-likeness (QED) is 0.771. The molecule has 3 unspecified atom stereocenters. The van der Waals surface area contributed by atoms with Crippen LogP contribution in [0.3, 0.4) is 0 Å². The van der Waals surface area contributed by atoms with Crippen LogP contribution in [0.1, 0.15) is 37.5 Å². The van der Waals surface area contributed by atoms with Crippen molar-refractivity contribution < 1.29 is 19.0 Å². The first kappa shape index (κ1) is 19.1. The summed E-state index contributed by atoms with van der Waals surface area (Å²) in [7, 11) is 0. The Labute approximate surface area is 147 Å². The van der Waals surface area contributed by atoms with E-state index in [1.165, 1.54) is 12.1 Å². The molecule has 2 aromatic carbocycles. The molecule has 0 radical (unpaired) electrons. The molecular weight excluding hydrogens is 321 g/mol. The fourth-order valence-electron chi connectivity index (χ4n) is 2.45. The molecule has 0 heterocycles. The zero-order chi connectivity index (χ0) is 18.2. The van der Waals surface area contributed by atoms with E-state index in [1.807, 2.05) is 37.3 Å². The Morgan fingerprint density at radius 1 is 1.12 bits per heavy atom. The highest BCUT2D eigenvalue weighted by Gasteiger charge is 2.18. The highest BCUT2D eigenvalue weighted by atomic mass is 19.1. The summed E-state index contributed by atoms with van der Waals surface area (Å²) in [6.07, 6.45) is -1.02. The number of halogens is 1. The van der Waals surface area contributed by atoms with Gasteiger partial charge < -0.3 is 15.2 Å². The van der Waals surface area contributed by atoms with Gasteiger partial charge in [0.15, 0.2) is 0 Å². The molecule has 1 amide bonds. The van der Waals surface area contributed by atoms with E-state index in [1.54, 1.807) is 19.1 Å². The van der Waals surface area contributed by atoms with Crippen molar-refractivity contribution in [3.8, 4) is 0 Å². The van der Waals surface area contributed by atoms with Gasteiger partial charge in [-0.1, -0.05) is 42.5 Å². The number of amides is 1. The van der Waals surface area contributed by atoms with Gasteiger partial charge >= 0.3 is 0 Å². The van der Waals surface area contributed by atoms with Gasteiger partial charge in [0.2, 0.25) is 5.91 Å². The van der Waals surface area contributed by atoms with E-state index in [2.05, 4.69) is 5.32 Å². The lowest BCUT2D eigenvalue weighted by atomic mass is 10.0. The lowest BCUT2D eigenvalue weighted by Crippen LogP contribution is -2.40. The standard InChI is InChI=1S/C20H24FNO3/c1-14(12-19(23)17-8-10-18(21)11-9-17)22-20(24)15(2)25-13-16-6-4-3-5-7-16/h3-11,14-15,19,23H,12-13H2,1-2H3,(H,22,24). The van der Waals surface area contributed by atoms with E-state index in [-0.39, 0.29) is 17.8 Å². The third-order valence-electron chi connectivity index (χ3n) is 3.93. The molecule has 0 bridgehead atoms.